The number of esters is 3. The van der Waals surface area contributed by atoms with Gasteiger partial charge in [-0.05, 0) is 65.6 Å². The van der Waals surface area contributed by atoms with Gasteiger partial charge in [-0.1, -0.05) is 156 Å². The third-order valence-electron chi connectivity index (χ3n) is 12.0. The topological polar surface area (TPSA) is 91.4 Å². The van der Waals surface area contributed by atoms with E-state index in [-0.39, 0.29) is 43.0 Å². The lowest BCUT2D eigenvalue weighted by molar-refractivity contribution is -0.175. The van der Waals surface area contributed by atoms with Gasteiger partial charge in [0.2, 0.25) is 0 Å². The van der Waals surface area contributed by atoms with Crippen LogP contribution in [-0.2, 0) is 33.3 Å². The molecule has 2 aliphatic heterocycles. The van der Waals surface area contributed by atoms with Crippen molar-refractivity contribution in [1.82, 2.24) is 4.90 Å². The summed E-state index contributed by atoms with van der Waals surface area (Å²) in [5.41, 5.74) is -0.550. The van der Waals surface area contributed by atoms with Gasteiger partial charge in [-0.3, -0.25) is 14.4 Å². The molecule has 2 saturated heterocycles. The second kappa shape index (κ2) is 28.7. The summed E-state index contributed by atoms with van der Waals surface area (Å²) in [7, 11) is 2.07. The molecule has 0 bridgehead atoms. The summed E-state index contributed by atoms with van der Waals surface area (Å²) in [5.74, 6) is -1.04. The monoisotopic (exact) mass is 750 g/mol. The van der Waals surface area contributed by atoms with E-state index in [0.717, 1.165) is 122 Å². The number of carbonyl (C=O) groups excluding carboxylic acids is 3. The molecule has 0 N–H and O–H groups in total. The molecule has 53 heavy (non-hydrogen) atoms. The van der Waals surface area contributed by atoms with Crippen molar-refractivity contribution in [2.45, 2.75) is 220 Å². The van der Waals surface area contributed by atoms with E-state index < -0.39 is 23.7 Å². The Morgan fingerprint density at radius 1 is 0.623 bits per heavy atom. The summed E-state index contributed by atoms with van der Waals surface area (Å²) in [6.07, 6.45) is 25.5. The van der Waals surface area contributed by atoms with Crippen molar-refractivity contribution in [1.29, 1.82) is 0 Å². The average molecular weight is 750 g/mol. The molecule has 0 radical (unpaired) electrons. The molecule has 0 aromatic heterocycles. The molecule has 2 heterocycles. The van der Waals surface area contributed by atoms with Gasteiger partial charge in [-0.2, -0.15) is 0 Å². The molecule has 2 unspecified atom stereocenters. The van der Waals surface area contributed by atoms with Crippen molar-refractivity contribution in [2.24, 2.45) is 17.3 Å². The van der Waals surface area contributed by atoms with Crippen LogP contribution in [0.25, 0.3) is 0 Å². The van der Waals surface area contributed by atoms with Crippen LogP contribution < -0.4 is 0 Å². The molecule has 0 saturated carbocycles. The van der Waals surface area contributed by atoms with Gasteiger partial charge >= 0.3 is 17.9 Å². The second-order valence-corrected chi connectivity index (χ2v) is 16.9. The Morgan fingerprint density at radius 3 is 1.47 bits per heavy atom. The van der Waals surface area contributed by atoms with Crippen LogP contribution in [0.15, 0.2) is 0 Å². The van der Waals surface area contributed by atoms with Crippen molar-refractivity contribution in [3.8, 4) is 0 Å². The highest BCUT2D eigenvalue weighted by Crippen LogP contribution is 2.33. The summed E-state index contributed by atoms with van der Waals surface area (Å²) in [4.78, 5) is 43.5. The number of nitrogens with zero attached hydrogens (tertiary/aromatic N) is 1. The number of unbranched alkanes of at least 4 members (excludes halogenated alkanes) is 16. The molecule has 0 spiro atoms. The van der Waals surface area contributed by atoms with Crippen LogP contribution >= 0.6 is 0 Å². The highest BCUT2D eigenvalue weighted by Gasteiger charge is 2.46. The van der Waals surface area contributed by atoms with Crippen molar-refractivity contribution in [2.75, 3.05) is 33.4 Å². The number of hydrogen-bond acceptors (Lipinski definition) is 8. The normalized spacial score (nSPS) is 21.3. The first kappa shape index (κ1) is 47.5. The number of piperidine rings is 1. The van der Waals surface area contributed by atoms with Crippen molar-refractivity contribution in [3.05, 3.63) is 0 Å². The van der Waals surface area contributed by atoms with Crippen LogP contribution in [0.1, 0.15) is 202 Å². The van der Waals surface area contributed by atoms with E-state index in [1.54, 1.807) is 0 Å². The molecule has 0 amide bonds. The Balaban J connectivity index is 2.18. The van der Waals surface area contributed by atoms with Crippen LogP contribution in [0, 0.1) is 17.3 Å². The zero-order valence-electron chi connectivity index (χ0n) is 35.4. The predicted octanol–water partition coefficient (Wildman–Crippen LogP) is 11.2. The van der Waals surface area contributed by atoms with Gasteiger partial charge in [-0.15, -0.1) is 0 Å². The number of rotatable bonds is 31. The maximum absolute atomic E-state index is 14.0. The first-order valence-corrected chi connectivity index (χ1v) is 22.6. The lowest BCUT2D eigenvalue weighted by Gasteiger charge is -2.36. The highest BCUT2D eigenvalue weighted by atomic mass is 16.6. The first-order chi connectivity index (χ1) is 25.7. The minimum atomic E-state index is -0.804. The van der Waals surface area contributed by atoms with Crippen LogP contribution in [0.3, 0.4) is 0 Å². The SMILES string of the molecule is CCCCCCCCC(CCCCCC)C(=O)O[C@@H]1[C@@H](OC(=O)C(CCCCCC)CCCCCCCC)CO[C@@H]1COC(=O)C1(C)CCN(C)CC1. The summed E-state index contributed by atoms with van der Waals surface area (Å²) in [6.45, 7) is 12.6. The molecule has 0 aromatic rings. The van der Waals surface area contributed by atoms with Crippen LogP contribution in [0.4, 0.5) is 0 Å². The van der Waals surface area contributed by atoms with E-state index in [1.165, 1.54) is 57.8 Å². The molecule has 2 rings (SSSR count). The van der Waals surface area contributed by atoms with E-state index in [4.69, 9.17) is 18.9 Å². The van der Waals surface area contributed by atoms with E-state index in [2.05, 4.69) is 39.6 Å². The second-order valence-electron chi connectivity index (χ2n) is 16.9. The molecule has 2 fully saturated rings. The van der Waals surface area contributed by atoms with E-state index in [9.17, 15) is 14.4 Å². The van der Waals surface area contributed by atoms with Gasteiger partial charge in [0.25, 0.3) is 0 Å². The molecule has 2 aliphatic rings. The lowest BCUT2D eigenvalue weighted by Crippen LogP contribution is -2.44. The van der Waals surface area contributed by atoms with Crippen LogP contribution in [-0.4, -0.2) is 74.5 Å². The van der Waals surface area contributed by atoms with E-state index in [0.29, 0.717) is 0 Å². The number of likely N-dealkylation sites (tertiary alicyclic amines) is 1. The third kappa shape index (κ3) is 19.2. The first-order valence-electron chi connectivity index (χ1n) is 22.6. The summed E-state index contributed by atoms with van der Waals surface area (Å²) in [6, 6.07) is 0. The largest absolute Gasteiger partial charge is 0.462 e. The Hall–Kier alpha value is -1.67. The number of hydrogen-bond donors (Lipinski definition) is 0. The fourth-order valence-corrected chi connectivity index (χ4v) is 7.90. The number of ether oxygens (including phenoxy) is 4. The zero-order valence-corrected chi connectivity index (χ0v) is 35.4. The molecule has 0 aromatic carbocycles. The molecular formula is C45H83NO7. The summed E-state index contributed by atoms with van der Waals surface area (Å²) >= 11 is 0. The standard InChI is InChI=1S/C45H83NO7/c1-7-11-15-19-21-25-29-37(27-23-17-13-9-3)42(47)52-40-36-50-39(35-51-44(49)45(5)31-33-46(6)34-32-45)41(40)53-43(48)38(28-24-18-14-10-4)30-26-22-20-16-12-8-2/h37-41H,7-36H2,1-6H3/t37?,38?,39-,40+,41+/m1/s1. The number of carbonyl (C=O) groups is 3. The molecule has 5 atom stereocenters. The lowest BCUT2D eigenvalue weighted by atomic mass is 9.80. The minimum absolute atomic E-state index is 0.0208. The van der Waals surface area contributed by atoms with Gasteiger partial charge < -0.3 is 23.8 Å². The van der Waals surface area contributed by atoms with Crippen molar-refractivity contribution in [3.63, 3.8) is 0 Å². The Labute approximate surface area is 325 Å². The fraction of sp³-hybridized carbons (Fsp3) is 0.933. The third-order valence-corrected chi connectivity index (χ3v) is 12.0. The molecular weight excluding hydrogens is 666 g/mol. The Kier molecular flexibility index (Phi) is 25.7. The highest BCUT2D eigenvalue weighted by molar-refractivity contribution is 5.76. The predicted molar refractivity (Wildman–Crippen MR) is 216 cm³/mol. The summed E-state index contributed by atoms with van der Waals surface area (Å²) < 4.78 is 24.7. The molecule has 310 valence electrons. The maximum Gasteiger partial charge on any atom is 0.311 e. The Bertz CT molecular complexity index is 964. The van der Waals surface area contributed by atoms with Gasteiger partial charge in [0.05, 0.1) is 23.9 Å². The molecule has 8 heteroatoms. The van der Waals surface area contributed by atoms with Gasteiger partial charge in [0.1, 0.15) is 12.7 Å². The molecule has 8 nitrogen and oxygen atoms in total. The van der Waals surface area contributed by atoms with Crippen molar-refractivity contribution < 1.29 is 33.3 Å². The molecule has 0 aliphatic carbocycles. The van der Waals surface area contributed by atoms with Gasteiger partial charge in [0.15, 0.2) is 12.2 Å². The maximum atomic E-state index is 14.0. The fourth-order valence-electron chi connectivity index (χ4n) is 7.90. The Morgan fingerprint density at radius 2 is 1.02 bits per heavy atom. The van der Waals surface area contributed by atoms with Gasteiger partial charge in [0, 0.05) is 0 Å². The van der Waals surface area contributed by atoms with Crippen LogP contribution in [0.2, 0.25) is 0 Å². The van der Waals surface area contributed by atoms with E-state index >= 15 is 0 Å². The summed E-state index contributed by atoms with van der Waals surface area (Å²) in [5, 5.41) is 0. The van der Waals surface area contributed by atoms with Crippen molar-refractivity contribution >= 4 is 17.9 Å². The average Bonchev–Trinajstić information content (AvgIpc) is 3.52. The van der Waals surface area contributed by atoms with Crippen LogP contribution in [0.5, 0.6) is 0 Å². The van der Waals surface area contributed by atoms with E-state index in [1.807, 2.05) is 6.92 Å². The smallest absolute Gasteiger partial charge is 0.311 e. The minimum Gasteiger partial charge on any atom is -0.462 e. The zero-order chi connectivity index (χ0) is 38.7. The quantitative estimate of drug-likeness (QED) is 0.0393. The van der Waals surface area contributed by atoms with Gasteiger partial charge in [-0.25, -0.2) is 0 Å².